The van der Waals surface area contributed by atoms with Crippen molar-refractivity contribution in [3.63, 3.8) is 0 Å². The fourth-order valence-corrected chi connectivity index (χ4v) is 3.91. The minimum absolute atomic E-state index is 0.0539. The van der Waals surface area contributed by atoms with Gasteiger partial charge in [-0.05, 0) is 48.7 Å². The van der Waals surface area contributed by atoms with Crippen molar-refractivity contribution in [1.29, 1.82) is 0 Å². The summed E-state index contributed by atoms with van der Waals surface area (Å²) in [5, 5.41) is 0. The molecule has 0 spiro atoms. The number of benzene rings is 2. The molecular weight excluding hydrogens is 357 g/mol. The molecule has 26 heavy (non-hydrogen) atoms. The molecule has 0 aliphatic rings. The van der Waals surface area contributed by atoms with E-state index < -0.39 is 15.7 Å². The molecule has 0 aliphatic carbocycles. The van der Waals surface area contributed by atoms with Gasteiger partial charge in [0.25, 0.3) is 0 Å². The van der Waals surface area contributed by atoms with E-state index in [0.717, 1.165) is 5.56 Å². The summed E-state index contributed by atoms with van der Waals surface area (Å²) in [4.78, 5) is 0. The monoisotopic (exact) mass is 381 g/mol. The minimum Gasteiger partial charge on any atom is -0.493 e. The van der Waals surface area contributed by atoms with Gasteiger partial charge in [0, 0.05) is 17.9 Å². The molecule has 0 radical (unpaired) electrons. The number of anilines is 1. The maximum atomic E-state index is 13.3. The maximum absolute atomic E-state index is 13.3. The summed E-state index contributed by atoms with van der Waals surface area (Å²) in [6, 6.07) is 9.51. The van der Waals surface area contributed by atoms with Crippen molar-refractivity contribution >= 4 is 15.5 Å². The van der Waals surface area contributed by atoms with E-state index in [2.05, 4.69) is 0 Å². The van der Waals surface area contributed by atoms with Crippen molar-refractivity contribution in [1.82, 2.24) is 0 Å². The van der Waals surface area contributed by atoms with Crippen LogP contribution < -0.4 is 15.2 Å². The first-order valence-electron chi connectivity index (χ1n) is 8.25. The average molecular weight is 381 g/mol. The van der Waals surface area contributed by atoms with Gasteiger partial charge in [0.2, 0.25) is 0 Å². The van der Waals surface area contributed by atoms with Gasteiger partial charge in [-0.25, -0.2) is 12.8 Å². The molecule has 2 aromatic carbocycles. The van der Waals surface area contributed by atoms with E-state index in [4.69, 9.17) is 15.2 Å². The minimum atomic E-state index is -3.24. The van der Waals surface area contributed by atoms with E-state index in [9.17, 15) is 12.8 Å². The molecule has 0 heterocycles. The van der Waals surface area contributed by atoms with Crippen molar-refractivity contribution in [2.75, 3.05) is 31.5 Å². The van der Waals surface area contributed by atoms with Crippen molar-refractivity contribution in [2.24, 2.45) is 0 Å². The molecule has 1 atom stereocenters. The van der Waals surface area contributed by atoms with Crippen molar-refractivity contribution < 1.29 is 22.3 Å². The first-order valence-corrected chi connectivity index (χ1v) is 10.3. The van der Waals surface area contributed by atoms with Crippen molar-refractivity contribution in [2.45, 2.75) is 19.3 Å². The number of nitrogen functional groups attached to an aromatic ring is 1. The van der Waals surface area contributed by atoms with Crippen LogP contribution in [0.4, 0.5) is 10.1 Å². The molecule has 0 saturated carbocycles. The van der Waals surface area contributed by atoms with Gasteiger partial charge < -0.3 is 15.2 Å². The molecule has 0 aliphatic heterocycles. The van der Waals surface area contributed by atoms with E-state index in [1.807, 2.05) is 13.0 Å². The topological polar surface area (TPSA) is 78.6 Å². The van der Waals surface area contributed by atoms with Gasteiger partial charge in [-0.2, -0.15) is 0 Å². The van der Waals surface area contributed by atoms with Crippen LogP contribution in [0.1, 0.15) is 24.0 Å². The zero-order chi connectivity index (χ0) is 19.3. The van der Waals surface area contributed by atoms with Crippen LogP contribution in [0, 0.1) is 5.82 Å². The third kappa shape index (κ3) is 5.36. The molecule has 0 amide bonds. The Balaban J connectivity index is 2.42. The van der Waals surface area contributed by atoms with Crippen LogP contribution in [0.25, 0.3) is 0 Å². The molecule has 0 unspecified atom stereocenters. The second-order valence-electron chi connectivity index (χ2n) is 6.18. The van der Waals surface area contributed by atoms with E-state index in [0.29, 0.717) is 35.8 Å². The van der Waals surface area contributed by atoms with Gasteiger partial charge in [-0.3, -0.25) is 0 Å². The third-order valence-electron chi connectivity index (χ3n) is 4.04. The molecule has 2 rings (SSSR count). The highest BCUT2D eigenvalue weighted by Gasteiger charge is 2.21. The van der Waals surface area contributed by atoms with Crippen LogP contribution in [-0.4, -0.2) is 34.1 Å². The SMILES string of the molecule is CCOc1cc([C@H](Cc2ccc(F)cc2N)CS(C)(=O)=O)ccc1OC. The molecular formula is C19H24FNO4S. The van der Waals surface area contributed by atoms with Gasteiger partial charge in [-0.1, -0.05) is 12.1 Å². The molecule has 0 saturated heterocycles. The summed E-state index contributed by atoms with van der Waals surface area (Å²) in [5.74, 6) is 0.312. The van der Waals surface area contributed by atoms with Crippen molar-refractivity contribution in [3.8, 4) is 11.5 Å². The number of halogens is 1. The van der Waals surface area contributed by atoms with E-state index >= 15 is 0 Å². The summed E-state index contributed by atoms with van der Waals surface area (Å²) >= 11 is 0. The fourth-order valence-electron chi connectivity index (χ4n) is 2.87. The van der Waals surface area contributed by atoms with Gasteiger partial charge in [0.15, 0.2) is 11.5 Å². The van der Waals surface area contributed by atoms with Crippen LogP contribution in [0.15, 0.2) is 36.4 Å². The lowest BCUT2D eigenvalue weighted by atomic mass is 9.92. The Bertz CT molecular complexity index is 868. The Kier molecular flexibility index (Phi) is 6.47. The highest BCUT2D eigenvalue weighted by molar-refractivity contribution is 7.90. The molecule has 0 aromatic heterocycles. The number of rotatable bonds is 8. The number of ether oxygens (including phenoxy) is 2. The summed E-state index contributed by atoms with van der Waals surface area (Å²) in [6.45, 7) is 2.32. The number of methoxy groups -OCH3 is 1. The van der Waals surface area contributed by atoms with Crippen LogP contribution in [0.3, 0.4) is 0 Å². The van der Waals surface area contributed by atoms with E-state index in [1.165, 1.54) is 18.4 Å². The first-order chi connectivity index (χ1) is 12.2. The lowest BCUT2D eigenvalue weighted by molar-refractivity contribution is 0.310. The average Bonchev–Trinajstić information content (AvgIpc) is 2.55. The highest BCUT2D eigenvalue weighted by atomic mass is 32.2. The van der Waals surface area contributed by atoms with Crippen LogP contribution in [0.2, 0.25) is 0 Å². The second-order valence-corrected chi connectivity index (χ2v) is 8.36. The summed E-state index contributed by atoms with van der Waals surface area (Å²) in [5.41, 5.74) is 7.71. The summed E-state index contributed by atoms with van der Waals surface area (Å²) in [6.07, 6.45) is 1.57. The Morgan fingerprint density at radius 3 is 2.46 bits per heavy atom. The van der Waals surface area contributed by atoms with E-state index in [1.54, 1.807) is 25.3 Å². The molecule has 2 N–H and O–H groups in total. The number of sulfone groups is 1. The zero-order valence-corrected chi connectivity index (χ0v) is 16.0. The number of nitrogens with two attached hydrogens (primary N) is 1. The Morgan fingerprint density at radius 2 is 1.88 bits per heavy atom. The van der Waals surface area contributed by atoms with Crippen LogP contribution in [0.5, 0.6) is 11.5 Å². The molecule has 142 valence electrons. The highest BCUT2D eigenvalue weighted by Crippen LogP contribution is 2.33. The molecule has 0 fully saturated rings. The molecule has 7 heteroatoms. The Hall–Kier alpha value is -2.28. The van der Waals surface area contributed by atoms with Crippen molar-refractivity contribution in [3.05, 3.63) is 53.3 Å². The lowest BCUT2D eigenvalue weighted by Gasteiger charge is -2.20. The summed E-state index contributed by atoms with van der Waals surface area (Å²) in [7, 11) is -1.69. The Morgan fingerprint density at radius 1 is 1.15 bits per heavy atom. The Labute approximate surface area is 153 Å². The number of hydrogen-bond donors (Lipinski definition) is 1. The van der Waals surface area contributed by atoms with Gasteiger partial charge in [0.1, 0.15) is 15.7 Å². The molecule has 0 bridgehead atoms. The number of hydrogen-bond acceptors (Lipinski definition) is 5. The van der Waals surface area contributed by atoms with Gasteiger partial charge >= 0.3 is 0 Å². The van der Waals surface area contributed by atoms with Crippen LogP contribution in [-0.2, 0) is 16.3 Å². The predicted octanol–water partition coefficient (Wildman–Crippen LogP) is 3.19. The summed E-state index contributed by atoms with van der Waals surface area (Å²) < 4.78 is 48.0. The smallest absolute Gasteiger partial charge is 0.161 e. The molecule has 5 nitrogen and oxygen atoms in total. The third-order valence-corrected chi connectivity index (χ3v) is 5.04. The van der Waals surface area contributed by atoms with E-state index in [-0.39, 0.29) is 11.7 Å². The van der Waals surface area contributed by atoms with Crippen LogP contribution >= 0.6 is 0 Å². The first kappa shape index (κ1) is 20.0. The predicted molar refractivity (Wildman–Crippen MR) is 101 cm³/mol. The maximum Gasteiger partial charge on any atom is 0.161 e. The van der Waals surface area contributed by atoms with Gasteiger partial charge in [0.05, 0.1) is 19.5 Å². The fraction of sp³-hybridized carbons (Fsp3) is 0.368. The second kappa shape index (κ2) is 8.40. The normalized spacial score (nSPS) is 12.6. The molecule has 2 aromatic rings. The zero-order valence-electron chi connectivity index (χ0n) is 15.2. The lowest BCUT2D eigenvalue weighted by Crippen LogP contribution is -2.16. The quantitative estimate of drug-likeness (QED) is 0.711. The van der Waals surface area contributed by atoms with Gasteiger partial charge in [-0.15, -0.1) is 0 Å². The largest absolute Gasteiger partial charge is 0.493 e. The standard InChI is InChI=1S/C19H24FNO4S/c1-4-25-19-10-13(6-8-18(19)24-2)15(12-26(3,22)23)9-14-5-7-16(20)11-17(14)21/h5-8,10-11,15H,4,9,12,21H2,1-3H3/t15-/m1/s1.